The lowest BCUT2D eigenvalue weighted by Crippen LogP contribution is -2.46. The second-order valence-corrected chi connectivity index (χ2v) is 5.74. The Kier molecular flexibility index (Phi) is 5.60. The van der Waals surface area contributed by atoms with Crippen LogP contribution in [0, 0.1) is 6.92 Å². The minimum Gasteiger partial charge on any atom is -0.341 e. The van der Waals surface area contributed by atoms with E-state index in [0.29, 0.717) is 12.5 Å². The number of aryl methyl sites for hydroxylation is 1. The normalized spacial score (nSPS) is 18.8. The number of nitrogens with one attached hydrogen (secondary N) is 1. The van der Waals surface area contributed by atoms with E-state index in [9.17, 15) is 4.79 Å². The molecule has 2 rings (SSSR count). The molecule has 1 aliphatic rings. The van der Waals surface area contributed by atoms with Gasteiger partial charge in [-0.1, -0.05) is 36.2 Å². The number of carbonyl (C=O) groups is 1. The van der Waals surface area contributed by atoms with Gasteiger partial charge in [0.1, 0.15) is 0 Å². The lowest BCUT2D eigenvalue weighted by molar-refractivity contribution is -0.130. The summed E-state index contributed by atoms with van der Waals surface area (Å²) in [6.07, 6.45) is 4.25. The van der Waals surface area contributed by atoms with E-state index in [1.165, 1.54) is 24.8 Å². The van der Waals surface area contributed by atoms with Crippen molar-refractivity contribution in [2.24, 2.45) is 0 Å². The first-order chi connectivity index (χ1) is 9.69. The van der Waals surface area contributed by atoms with Gasteiger partial charge in [0.25, 0.3) is 0 Å². The highest BCUT2D eigenvalue weighted by Gasteiger charge is 2.19. The Morgan fingerprint density at radius 3 is 2.65 bits per heavy atom. The van der Waals surface area contributed by atoms with Gasteiger partial charge in [0, 0.05) is 19.1 Å². The fraction of sp³-hybridized carbons (Fsp3) is 0.588. The van der Waals surface area contributed by atoms with Crippen LogP contribution in [0.4, 0.5) is 0 Å². The molecule has 0 aliphatic carbocycles. The van der Waals surface area contributed by atoms with Crippen LogP contribution in [-0.4, -0.2) is 36.5 Å². The third kappa shape index (κ3) is 4.34. The zero-order chi connectivity index (χ0) is 14.4. The molecule has 110 valence electrons. The summed E-state index contributed by atoms with van der Waals surface area (Å²) in [6, 6.07) is 8.73. The summed E-state index contributed by atoms with van der Waals surface area (Å²) in [6.45, 7) is 6.87. The SMILES string of the molecule is CCN(CC1CCCCN1)C(=O)Cc1ccc(C)cc1. The van der Waals surface area contributed by atoms with Crippen molar-refractivity contribution in [2.75, 3.05) is 19.6 Å². The number of hydrogen-bond donors (Lipinski definition) is 1. The van der Waals surface area contributed by atoms with Crippen molar-refractivity contribution in [2.45, 2.75) is 45.6 Å². The van der Waals surface area contributed by atoms with Crippen molar-refractivity contribution in [3.05, 3.63) is 35.4 Å². The minimum absolute atomic E-state index is 0.240. The van der Waals surface area contributed by atoms with E-state index in [-0.39, 0.29) is 5.91 Å². The molecule has 1 N–H and O–H groups in total. The van der Waals surface area contributed by atoms with Crippen LogP contribution in [-0.2, 0) is 11.2 Å². The van der Waals surface area contributed by atoms with Gasteiger partial charge in [0.05, 0.1) is 6.42 Å². The molecule has 1 atom stereocenters. The van der Waals surface area contributed by atoms with E-state index in [1.807, 2.05) is 4.90 Å². The first kappa shape index (κ1) is 15.0. The summed E-state index contributed by atoms with van der Waals surface area (Å²) in [4.78, 5) is 14.4. The fourth-order valence-corrected chi connectivity index (χ4v) is 2.75. The molecule has 1 unspecified atom stereocenters. The summed E-state index contributed by atoms with van der Waals surface area (Å²) in [5, 5.41) is 3.52. The van der Waals surface area contributed by atoms with Crippen LogP contribution in [0.2, 0.25) is 0 Å². The highest BCUT2D eigenvalue weighted by atomic mass is 16.2. The Hall–Kier alpha value is -1.35. The zero-order valence-corrected chi connectivity index (χ0v) is 12.7. The molecule has 1 aromatic carbocycles. The number of piperidine rings is 1. The van der Waals surface area contributed by atoms with Crippen molar-refractivity contribution in [1.29, 1.82) is 0 Å². The van der Waals surface area contributed by atoms with Crippen molar-refractivity contribution in [1.82, 2.24) is 10.2 Å². The maximum atomic E-state index is 12.4. The van der Waals surface area contributed by atoms with Crippen LogP contribution >= 0.6 is 0 Å². The molecule has 0 radical (unpaired) electrons. The molecule has 0 bridgehead atoms. The lowest BCUT2D eigenvalue weighted by Gasteiger charge is -2.30. The number of carbonyl (C=O) groups excluding carboxylic acids is 1. The number of rotatable bonds is 5. The molecule has 20 heavy (non-hydrogen) atoms. The van der Waals surface area contributed by atoms with Crippen molar-refractivity contribution >= 4 is 5.91 Å². The highest BCUT2D eigenvalue weighted by molar-refractivity contribution is 5.78. The Balaban J connectivity index is 1.89. The lowest BCUT2D eigenvalue weighted by atomic mass is 10.0. The molecule has 1 aromatic rings. The highest BCUT2D eigenvalue weighted by Crippen LogP contribution is 2.10. The molecular formula is C17H26N2O. The summed E-state index contributed by atoms with van der Waals surface area (Å²) in [5.74, 6) is 0.240. The van der Waals surface area contributed by atoms with Gasteiger partial charge in [0.2, 0.25) is 5.91 Å². The fourth-order valence-electron chi connectivity index (χ4n) is 2.75. The molecule has 1 aliphatic heterocycles. The Morgan fingerprint density at radius 2 is 2.05 bits per heavy atom. The van der Waals surface area contributed by atoms with E-state index in [4.69, 9.17) is 0 Å². The number of hydrogen-bond acceptors (Lipinski definition) is 2. The minimum atomic E-state index is 0.240. The maximum Gasteiger partial charge on any atom is 0.227 e. The predicted octanol–water partition coefficient (Wildman–Crippen LogP) is 2.53. The average molecular weight is 274 g/mol. The number of nitrogens with zero attached hydrogens (tertiary/aromatic N) is 1. The van der Waals surface area contributed by atoms with Gasteiger partial charge in [-0.3, -0.25) is 4.79 Å². The van der Waals surface area contributed by atoms with Crippen LogP contribution in [0.25, 0.3) is 0 Å². The Bertz CT molecular complexity index is 421. The predicted molar refractivity (Wildman–Crippen MR) is 82.8 cm³/mol. The Morgan fingerprint density at radius 1 is 1.30 bits per heavy atom. The van der Waals surface area contributed by atoms with E-state index in [1.54, 1.807) is 0 Å². The van der Waals surface area contributed by atoms with Crippen LogP contribution < -0.4 is 5.32 Å². The first-order valence-corrected chi connectivity index (χ1v) is 7.75. The maximum absolute atomic E-state index is 12.4. The molecule has 1 fully saturated rings. The molecule has 0 spiro atoms. The number of likely N-dealkylation sites (N-methyl/N-ethyl adjacent to an activating group) is 1. The summed E-state index contributed by atoms with van der Waals surface area (Å²) in [5.41, 5.74) is 2.34. The molecule has 0 saturated carbocycles. The quantitative estimate of drug-likeness (QED) is 0.895. The van der Waals surface area contributed by atoms with Crippen LogP contribution in [0.1, 0.15) is 37.3 Å². The summed E-state index contributed by atoms with van der Waals surface area (Å²) in [7, 11) is 0. The molecule has 1 saturated heterocycles. The topological polar surface area (TPSA) is 32.3 Å². The van der Waals surface area contributed by atoms with Gasteiger partial charge in [-0.25, -0.2) is 0 Å². The van der Waals surface area contributed by atoms with E-state index in [0.717, 1.165) is 25.2 Å². The van der Waals surface area contributed by atoms with E-state index < -0.39 is 0 Å². The van der Waals surface area contributed by atoms with Crippen molar-refractivity contribution < 1.29 is 4.79 Å². The summed E-state index contributed by atoms with van der Waals surface area (Å²) < 4.78 is 0. The van der Waals surface area contributed by atoms with Gasteiger partial charge in [0.15, 0.2) is 0 Å². The third-order valence-corrected chi connectivity index (χ3v) is 4.06. The third-order valence-electron chi connectivity index (χ3n) is 4.06. The zero-order valence-electron chi connectivity index (χ0n) is 12.7. The first-order valence-electron chi connectivity index (χ1n) is 7.75. The standard InChI is InChI=1S/C17H26N2O/c1-3-19(13-16-6-4-5-11-18-16)17(20)12-15-9-7-14(2)8-10-15/h7-10,16,18H,3-6,11-13H2,1-2H3. The van der Waals surface area contributed by atoms with Gasteiger partial charge in [-0.15, -0.1) is 0 Å². The summed E-state index contributed by atoms with van der Waals surface area (Å²) >= 11 is 0. The molecule has 1 heterocycles. The van der Waals surface area contributed by atoms with Gasteiger partial charge in [-0.05, 0) is 38.8 Å². The van der Waals surface area contributed by atoms with Gasteiger partial charge in [-0.2, -0.15) is 0 Å². The van der Waals surface area contributed by atoms with E-state index >= 15 is 0 Å². The van der Waals surface area contributed by atoms with E-state index in [2.05, 4.69) is 43.4 Å². The van der Waals surface area contributed by atoms with Gasteiger partial charge >= 0.3 is 0 Å². The molecule has 3 heteroatoms. The molecule has 1 amide bonds. The van der Waals surface area contributed by atoms with Crippen LogP contribution in [0.15, 0.2) is 24.3 Å². The van der Waals surface area contributed by atoms with Crippen molar-refractivity contribution in [3.63, 3.8) is 0 Å². The average Bonchev–Trinajstić information content (AvgIpc) is 2.48. The molecule has 0 aromatic heterocycles. The second kappa shape index (κ2) is 7.44. The number of amides is 1. The van der Waals surface area contributed by atoms with Crippen LogP contribution in [0.5, 0.6) is 0 Å². The van der Waals surface area contributed by atoms with Crippen molar-refractivity contribution in [3.8, 4) is 0 Å². The monoisotopic (exact) mass is 274 g/mol. The van der Waals surface area contributed by atoms with Crippen LogP contribution in [0.3, 0.4) is 0 Å². The number of benzene rings is 1. The molecular weight excluding hydrogens is 248 g/mol. The largest absolute Gasteiger partial charge is 0.341 e. The second-order valence-electron chi connectivity index (χ2n) is 5.74. The Labute approximate surface area is 122 Å². The van der Waals surface area contributed by atoms with Gasteiger partial charge < -0.3 is 10.2 Å². The molecule has 3 nitrogen and oxygen atoms in total. The smallest absolute Gasteiger partial charge is 0.227 e.